The molecule has 0 aliphatic rings. The SMILES string of the molecule is CCC(N)(CC)C(=O)c1c(F)ccc(C)c1F. The predicted molar refractivity (Wildman–Crippen MR) is 62.9 cm³/mol. The average Bonchev–Trinajstić information content (AvgIpc) is 2.33. The van der Waals surface area contributed by atoms with E-state index in [0.717, 1.165) is 6.07 Å². The summed E-state index contributed by atoms with van der Waals surface area (Å²) < 4.78 is 27.4. The number of Topliss-reactive ketones (excluding diaryl/α,β-unsaturated/α-hetero) is 1. The summed E-state index contributed by atoms with van der Waals surface area (Å²) in [5.41, 5.74) is 4.40. The predicted octanol–water partition coefficient (Wildman–Crippen LogP) is 2.97. The van der Waals surface area contributed by atoms with Crippen molar-refractivity contribution in [2.24, 2.45) is 5.73 Å². The summed E-state index contributed by atoms with van der Waals surface area (Å²) in [5.74, 6) is -2.33. The summed E-state index contributed by atoms with van der Waals surface area (Å²) in [4.78, 5) is 12.1. The zero-order chi connectivity index (χ0) is 13.2. The quantitative estimate of drug-likeness (QED) is 0.823. The Kier molecular flexibility index (Phi) is 3.98. The van der Waals surface area contributed by atoms with Crippen LogP contribution in [-0.4, -0.2) is 11.3 Å². The van der Waals surface area contributed by atoms with Gasteiger partial charge in [0.1, 0.15) is 11.6 Å². The molecule has 0 bridgehead atoms. The molecule has 0 aliphatic heterocycles. The lowest BCUT2D eigenvalue weighted by Gasteiger charge is -2.25. The van der Waals surface area contributed by atoms with Crippen LogP contribution in [0.5, 0.6) is 0 Å². The van der Waals surface area contributed by atoms with Crippen LogP contribution in [0.2, 0.25) is 0 Å². The highest BCUT2D eigenvalue weighted by molar-refractivity contribution is 6.03. The summed E-state index contributed by atoms with van der Waals surface area (Å²) in [6, 6.07) is 2.40. The molecule has 2 N–H and O–H groups in total. The number of carbonyl (C=O) groups excluding carboxylic acids is 1. The Labute approximate surface area is 99.8 Å². The summed E-state index contributed by atoms with van der Waals surface area (Å²) in [6.45, 7) is 4.95. The number of hydrogen-bond acceptors (Lipinski definition) is 2. The van der Waals surface area contributed by atoms with Crippen molar-refractivity contribution in [1.82, 2.24) is 0 Å². The van der Waals surface area contributed by atoms with Crippen molar-refractivity contribution in [2.75, 3.05) is 0 Å². The fourth-order valence-corrected chi connectivity index (χ4v) is 1.68. The Morgan fingerprint density at radius 3 is 2.29 bits per heavy atom. The average molecular weight is 241 g/mol. The highest BCUT2D eigenvalue weighted by Crippen LogP contribution is 2.24. The van der Waals surface area contributed by atoms with E-state index in [1.807, 2.05) is 0 Å². The van der Waals surface area contributed by atoms with E-state index in [1.165, 1.54) is 13.0 Å². The molecule has 0 spiro atoms. The van der Waals surface area contributed by atoms with Gasteiger partial charge < -0.3 is 5.73 Å². The Hall–Kier alpha value is -1.29. The lowest BCUT2D eigenvalue weighted by atomic mass is 9.84. The van der Waals surface area contributed by atoms with E-state index in [-0.39, 0.29) is 5.56 Å². The maximum Gasteiger partial charge on any atom is 0.188 e. The second-order valence-corrected chi connectivity index (χ2v) is 4.25. The molecule has 1 rings (SSSR count). The largest absolute Gasteiger partial charge is 0.319 e. The first kappa shape index (κ1) is 13.8. The van der Waals surface area contributed by atoms with Crippen molar-refractivity contribution in [1.29, 1.82) is 0 Å². The van der Waals surface area contributed by atoms with Gasteiger partial charge in [-0.2, -0.15) is 0 Å². The molecule has 17 heavy (non-hydrogen) atoms. The van der Waals surface area contributed by atoms with Crippen molar-refractivity contribution in [3.05, 3.63) is 34.9 Å². The molecule has 0 unspecified atom stereocenters. The Morgan fingerprint density at radius 1 is 1.29 bits per heavy atom. The van der Waals surface area contributed by atoms with Gasteiger partial charge in [0.05, 0.1) is 11.1 Å². The molecule has 4 heteroatoms. The highest BCUT2D eigenvalue weighted by Gasteiger charge is 2.34. The van der Waals surface area contributed by atoms with Crippen LogP contribution in [-0.2, 0) is 0 Å². The zero-order valence-electron chi connectivity index (χ0n) is 10.3. The fraction of sp³-hybridized carbons (Fsp3) is 0.462. The molecule has 0 heterocycles. The molecule has 0 aliphatic carbocycles. The van der Waals surface area contributed by atoms with Gasteiger partial charge in [-0.05, 0) is 31.4 Å². The van der Waals surface area contributed by atoms with Crippen LogP contribution in [0.1, 0.15) is 42.6 Å². The Morgan fingerprint density at radius 2 is 1.82 bits per heavy atom. The molecule has 1 aromatic carbocycles. The first-order valence-electron chi connectivity index (χ1n) is 5.65. The van der Waals surface area contributed by atoms with Crippen molar-refractivity contribution < 1.29 is 13.6 Å². The summed E-state index contributed by atoms with van der Waals surface area (Å²) in [5, 5.41) is 0. The molecule has 0 radical (unpaired) electrons. The van der Waals surface area contributed by atoms with Gasteiger partial charge in [0.15, 0.2) is 5.78 Å². The molecule has 2 nitrogen and oxygen atoms in total. The van der Waals surface area contributed by atoms with Crippen LogP contribution in [0, 0.1) is 18.6 Å². The van der Waals surface area contributed by atoms with Crippen molar-refractivity contribution >= 4 is 5.78 Å². The van der Waals surface area contributed by atoms with Gasteiger partial charge in [-0.25, -0.2) is 8.78 Å². The van der Waals surface area contributed by atoms with Crippen molar-refractivity contribution in [3.8, 4) is 0 Å². The maximum atomic E-state index is 13.8. The van der Waals surface area contributed by atoms with Gasteiger partial charge in [0.2, 0.25) is 0 Å². The van der Waals surface area contributed by atoms with E-state index in [9.17, 15) is 13.6 Å². The Bertz CT molecular complexity index is 439. The second kappa shape index (κ2) is 4.92. The van der Waals surface area contributed by atoms with Crippen LogP contribution < -0.4 is 5.73 Å². The number of nitrogens with two attached hydrogens (primary N) is 1. The van der Waals surface area contributed by atoms with Crippen LogP contribution in [0.3, 0.4) is 0 Å². The van der Waals surface area contributed by atoms with Gasteiger partial charge in [0, 0.05) is 0 Å². The second-order valence-electron chi connectivity index (χ2n) is 4.25. The fourth-order valence-electron chi connectivity index (χ4n) is 1.68. The number of halogens is 2. The molecule has 0 fully saturated rings. The van der Waals surface area contributed by atoms with Crippen LogP contribution in [0.4, 0.5) is 8.78 Å². The first-order chi connectivity index (χ1) is 7.87. The minimum atomic E-state index is -1.20. The topological polar surface area (TPSA) is 43.1 Å². The van der Waals surface area contributed by atoms with Gasteiger partial charge >= 0.3 is 0 Å². The summed E-state index contributed by atoms with van der Waals surface area (Å²) >= 11 is 0. The minimum absolute atomic E-state index is 0.240. The monoisotopic (exact) mass is 241 g/mol. The van der Waals surface area contributed by atoms with Crippen LogP contribution in [0.15, 0.2) is 12.1 Å². The Balaban J connectivity index is 3.35. The van der Waals surface area contributed by atoms with Gasteiger partial charge in [-0.15, -0.1) is 0 Å². The number of rotatable bonds is 4. The number of carbonyl (C=O) groups is 1. The van der Waals surface area contributed by atoms with E-state index < -0.39 is 28.5 Å². The lowest BCUT2D eigenvalue weighted by molar-refractivity contribution is 0.0870. The summed E-state index contributed by atoms with van der Waals surface area (Å²) in [6.07, 6.45) is 0.685. The highest BCUT2D eigenvalue weighted by atomic mass is 19.1. The smallest absolute Gasteiger partial charge is 0.188 e. The third kappa shape index (κ3) is 2.36. The first-order valence-corrected chi connectivity index (χ1v) is 5.65. The van der Waals surface area contributed by atoms with E-state index in [2.05, 4.69) is 0 Å². The normalized spacial score (nSPS) is 11.6. The third-order valence-corrected chi connectivity index (χ3v) is 3.23. The maximum absolute atomic E-state index is 13.8. The van der Waals surface area contributed by atoms with Gasteiger partial charge in [0.25, 0.3) is 0 Å². The zero-order valence-corrected chi connectivity index (χ0v) is 10.3. The molecular formula is C13H17F2NO. The summed E-state index contributed by atoms with van der Waals surface area (Å²) in [7, 11) is 0. The third-order valence-electron chi connectivity index (χ3n) is 3.23. The molecule has 0 amide bonds. The van der Waals surface area contributed by atoms with Gasteiger partial charge in [-0.3, -0.25) is 4.79 Å². The lowest BCUT2D eigenvalue weighted by Crippen LogP contribution is -2.47. The van der Waals surface area contributed by atoms with Crippen LogP contribution >= 0.6 is 0 Å². The number of benzene rings is 1. The van der Waals surface area contributed by atoms with E-state index in [4.69, 9.17) is 5.73 Å². The van der Waals surface area contributed by atoms with E-state index in [0.29, 0.717) is 12.8 Å². The van der Waals surface area contributed by atoms with Crippen molar-refractivity contribution in [2.45, 2.75) is 39.2 Å². The minimum Gasteiger partial charge on any atom is -0.319 e. The van der Waals surface area contributed by atoms with Crippen molar-refractivity contribution in [3.63, 3.8) is 0 Å². The molecule has 1 aromatic rings. The standard InChI is InChI=1S/C13H17F2NO/c1-4-13(16,5-2)12(17)10-9(14)7-6-8(3)11(10)15/h6-7H,4-5,16H2,1-3H3. The molecular weight excluding hydrogens is 224 g/mol. The van der Waals surface area contributed by atoms with Crippen LogP contribution in [0.25, 0.3) is 0 Å². The molecule has 0 atom stereocenters. The number of ketones is 1. The number of hydrogen-bond donors (Lipinski definition) is 1. The van der Waals surface area contributed by atoms with E-state index in [1.54, 1.807) is 13.8 Å². The molecule has 0 aromatic heterocycles. The van der Waals surface area contributed by atoms with E-state index >= 15 is 0 Å². The molecule has 0 saturated heterocycles. The molecule has 94 valence electrons. The van der Waals surface area contributed by atoms with Gasteiger partial charge in [-0.1, -0.05) is 19.9 Å². The number of aryl methyl sites for hydroxylation is 1. The molecule has 0 saturated carbocycles.